The molecule has 0 aromatic heterocycles. The number of phenolic OH excluding ortho intramolecular Hbond substituents is 1. The lowest BCUT2D eigenvalue weighted by atomic mass is 9.86. The lowest BCUT2D eigenvalue weighted by Gasteiger charge is -2.19. The number of nitrogen functional groups attached to an aromatic ring is 1. The molecule has 2 rings (SSSR count). The molecule has 0 aliphatic carbocycles. The standard InChI is InChI=1S/C16H19NO/c1-16(2,3)13-6-4-11(5-7-13)12-8-14(17)10-15(18)9-12/h4-10,18H,17H2,1-3H3. The van der Waals surface area contributed by atoms with Gasteiger partial charge in [-0.3, -0.25) is 0 Å². The van der Waals surface area contributed by atoms with E-state index in [4.69, 9.17) is 5.73 Å². The first kappa shape index (κ1) is 12.5. The van der Waals surface area contributed by atoms with Gasteiger partial charge in [-0.25, -0.2) is 0 Å². The van der Waals surface area contributed by atoms with Crippen molar-refractivity contribution in [3.8, 4) is 16.9 Å². The highest BCUT2D eigenvalue weighted by molar-refractivity contribution is 5.69. The Labute approximate surface area is 108 Å². The van der Waals surface area contributed by atoms with Gasteiger partial charge in [0, 0.05) is 11.8 Å². The minimum Gasteiger partial charge on any atom is -0.508 e. The highest BCUT2D eigenvalue weighted by Gasteiger charge is 2.13. The van der Waals surface area contributed by atoms with Crippen LogP contribution in [0.2, 0.25) is 0 Å². The van der Waals surface area contributed by atoms with E-state index in [1.54, 1.807) is 12.1 Å². The molecule has 0 saturated heterocycles. The maximum atomic E-state index is 9.56. The van der Waals surface area contributed by atoms with Gasteiger partial charge in [-0.05, 0) is 34.2 Å². The second kappa shape index (κ2) is 4.37. The molecule has 2 nitrogen and oxygen atoms in total. The van der Waals surface area contributed by atoms with Crippen LogP contribution in [0.25, 0.3) is 11.1 Å². The van der Waals surface area contributed by atoms with Crippen LogP contribution in [0, 0.1) is 0 Å². The smallest absolute Gasteiger partial charge is 0.118 e. The van der Waals surface area contributed by atoms with Crippen LogP contribution in [0.3, 0.4) is 0 Å². The molecule has 0 fully saturated rings. The predicted octanol–water partition coefficient (Wildman–Crippen LogP) is 3.94. The van der Waals surface area contributed by atoms with Crippen molar-refractivity contribution in [3.05, 3.63) is 48.0 Å². The van der Waals surface area contributed by atoms with Crippen molar-refractivity contribution in [1.29, 1.82) is 0 Å². The van der Waals surface area contributed by atoms with E-state index < -0.39 is 0 Å². The molecule has 0 heterocycles. The van der Waals surface area contributed by atoms with Crippen LogP contribution in [0.5, 0.6) is 5.75 Å². The van der Waals surface area contributed by atoms with E-state index in [9.17, 15) is 5.11 Å². The summed E-state index contributed by atoms with van der Waals surface area (Å²) in [5.74, 6) is 0.199. The van der Waals surface area contributed by atoms with Gasteiger partial charge in [0.15, 0.2) is 0 Å². The molecule has 3 N–H and O–H groups in total. The molecule has 94 valence electrons. The lowest BCUT2D eigenvalue weighted by molar-refractivity contribution is 0.476. The molecule has 2 aromatic carbocycles. The Bertz CT molecular complexity index is 530. The van der Waals surface area contributed by atoms with Gasteiger partial charge in [0.25, 0.3) is 0 Å². The zero-order chi connectivity index (χ0) is 13.3. The van der Waals surface area contributed by atoms with Gasteiger partial charge in [-0.1, -0.05) is 45.0 Å². The molecule has 0 atom stereocenters. The maximum absolute atomic E-state index is 9.56. The molecule has 2 aromatic rings. The molecule has 0 aliphatic rings. The topological polar surface area (TPSA) is 46.2 Å². The lowest BCUT2D eigenvalue weighted by Crippen LogP contribution is -2.10. The highest BCUT2D eigenvalue weighted by atomic mass is 16.3. The van der Waals surface area contributed by atoms with Crippen molar-refractivity contribution in [2.45, 2.75) is 26.2 Å². The van der Waals surface area contributed by atoms with Gasteiger partial charge in [0.1, 0.15) is 5.75 Å². The fourth-order valence-electron chi connectivity index (χ4n) is 1.96. The van der Waals surface area contributed by atoms with E-state index in [-0.39, 0.29) is 11.2 Å². The van der Waals surface area contributed by atoms with Crippen LogP contribution in [0.15, 0.2) is 42.5 Å². The molecule has 0 unspecified atom stereocenters. The van der Waals surface area contributed by atoms with Crippen LogP contribution in [-0.2, 0) is 5.41 Å². The molecular weight excluding hydrogens is 222 g/mol. The largest absolute Gasteiger partial charge is 0.508 e. The molecule has 0 saturated carbocycles. The third-order valence-electron chi connectivity index (χ3n) is 3.02. The second-order valence-corrected chi connectivity index (χ2v) is 5.64. The third-order valence-corrected chi connectivity index (χ3v) is 3.02. The molecular formula is C16H19NO. The van der Waals surface area contributed by atoms with E-state index >= 15 is 0 Å². The summed E-state index contributed by atoms with van der Waals surface area (Å²) in [6.45, 7) is 6.57. The average Bonchev–Trinajstić information content (AvgIpc) is 2.27. The second-order valence-electron chi connectivity index (χ2n) is 5.64. The maximum Gasteiger partial charge on any atom is 0.118 e. The summed E-state index contributed by atoms with van der Waals surface area (Å²) >= 11 is 0. The van der Waals surface area contributed by atoms with Crippen molar-refractivity contribution in [1.82, 2.24) is 0 Å². The first-order valence-corrected chi connectivity index (χ1v) is 6.07. The molecule has 0 aliphatic heterocycles. The number of phenols is 1. The Kier molecular flexibility index (Phi) is 3.04. The molecule has 0 bridgehead atoms. The quantitative estimate of drug-likeness (QED) is 0.743. The Balaban J connectivity index is 2.40. The van der Waals surface area contributed by atoms with Gasteiger partial charge in [0.05, 0.1) is 0 Å². The predicted molar refractivity (Wildman–Crippen MR) is 76.7 cm³/mol. The molecule has 0 radical (unpaired) electrons. The average molecular weight is 241 g/mol. The van der Waals surface area contributed by atoms with E-state index in [1.807, 2.05) is 6.07 Å². The van der Waals surface area contributed by atoms with Crippen LogP contribution in [0.4, 0.5) is 5.69 Å². The van der Waals surface area contributed by atoms with Gasteiger partial charge in [0.2, 0.25) is 0 Å². The van der Waals surface area contributed by atoms with E-state index in [0.717, 1.165) is 11.1 Å². The SMILES string of the molecule is CC(C)(C)c1ccc(-c2cc(N)cc(O)c2)cc1. The normalized spacial score (nSPS) is 11.5. The van der Waals surface area contributed by atoms with Gasteiger partial charge < -0.3 is 10.8 Å². The molecule has 0 amide bonds. The summed E-state index contributed by atoms with van der Waals surface area (Å²) in [6.07, 6.45) is 0. The minimum absolute atomic E-state index is 0.149. The van der Waals surface area contributed by atoms with Crippen molar-refractivity contribution >= 4 is 5.69 Å². The van der Waals surface area contributed by atoms with Crippen molar-refractivity contribution in [2.24, 2.45) is 0 Å². The van der Waals surface area contributed by atoms with Crippen LogP contribution < -0.4 is 5.73 Å². The van der Waals surface area contributed by atoms with Crippen LogP contribution in [0.1, 0.15) is 26.3 Å². The zero-order valence-corrected chi connectivity index (χ0v) is 11.1. The first-order chi connectivity index (χ1) is 8.36. The van der Waals surface area contributed by atoms with Crippen LogP contribution >= 0.6 is 0 Å². The minimum atomic E-state index is 0.149. The summed E-state index contributed by atoms with van der Waals surface area (Å²) in [4.78, 5) is 0. The summed E-state index contributed by atoms with van der Waals surface area (Å²) in [5.41, 5.74) is 9.75. The third kappa shape index (κ3) is 2.65. The summed E-state index contributed by atoms with van der Waals surface area (Å²) in [6, 6.07) is 13.5. The molecule has 0 spiro atoms. The van der Waals surface area contributed by atoms with Crippen molar-refractivity contribution < 1.29 is 5.11 Å². The highest BCUT2D eigenvalue weighted by Crippen LogP contribution is 2.29. The monoisotopic (exact) mass is 241 g/mol. The number of hydrogen-bond donors (Lipinski definition) is 2. The Hall–Kier alpha value is -1.96. The van der Waals surface area contributed by atoms with Crippen molar-refractivity contribution in [3.63, 3.8) is 0 Å². The van der Waals surface area contributed by atoms with E-state index in [1.165, 1.54) is 5.56 Å². The van der Waals surface area contributed by atoms with Gasteiger partial charge >= 0.3 is 0 Å². The summed E-state index contributed by atoms with van der Waals surface area (Å²) in [5, 5.41) is 9.56. The fraction of sp³-hybridized carbons (Fsp3) is 0.250. The fourth-order valence-corrected chi connectivity index (χ4v) is 1.96. The summed E-state index contributed by atoms with van der Waals surface area (Å²) in [7, 11) is 0. The van der Waals surface area contributed by atoms with Gasteiger partial charge in [-0.15, -0.1) is 0 Å². The zero-order valence-electron chi connectivity index (χ0n) is 11.1. The summed E-state index contributed by atoms with van der Waals surface area (Å²) < 4.78 is 0. The Morgan fingerprint density at radius 2 is 1.50 bits per heavy atom. The number of benzene rings is 2. The number of anilines is 1. The van der Waals surface area contributed by atoms with Crippen molar-refractivity contribution in [2.75, 3.05) is 5.73 Å². The van der Waals surface area contributed by atoms with Gasteiger partial charge in [-0.2, -0.15) is 0 Å². The van der Waals surface area contributed by atoms with E-state index in [2.05, 4.69) is 45.0 Å². The Morgan fingerprint density at radius 1 is 0.889 bits per heavy atom. The molecule has 2 heteroatoms. The first-order valence-electron chi connectivity index (χ1n) is 6.07. The molecule has 18 heavy (non-hydrogen) atoms. The van der Waals surface area contributed by atoms with E-state index in [0.29, 0.717) is 5.69 Å². The number of aromatic hydroxyl groups is 1. The van der Waals surface area contributed by atoms with Crippen LogP contribution in [-0.4, -0.2) is 5.11 Å². The number of rotatable bonds is 1. The Morgan fingerprint density at radius 3 is 2.00 bits per heavy atom. The number of nitrogens with two attached hydrogens (primary N) is 1. The number of hydrogen-bond acceptors (Lipinski definition) is 2.